The van der Waals surface area contributed by atoms with Crippen molar-refractivity contribution in [3.05, 3.63) is 29.8 Å². The second-order valence-electron chi connectivity index (χ2n) is 6.38. The molecular formula is C17H28N2. The molecule has 0 aromatic heterocycles. The van der Waals surface area contributed by atoms with Crippen molar-refractivity contribution >= 4 is 5.69 Å². The number of nitrogens with zero attached hydrogens (tertiary/aromatic N) is 1. The van der Waals surface area contributed by atoms with Crippen molar-refractivity contribution in [1.29, 1.82) is 0 Å². The average Bonchev–Trinajstić information content (AvgIpc) is 2.85. The molecule has 1 aromatic carbocycles. The van der Waals surface area contributed by atoms with Crippen LogP contribution in [0.2, 0.25) is 0 Å². The zero-order valence-electron chi connectivity index (χ0n) is 12.8. The van der Waals surface area contributed by atoms with Gasteiger partial charge in [-0.25, -0.2) is 0 Å². The molecule has 2 nitrogen and oxygen atoms in total. The lowest BCUT2D eigenvalue weighted by Gasteiger charge is -2.24. The third-order valence-corrected chi connectivity index (χ3v) is 4.00. The molecule has 106 valence electrons. The lowest BCUT2D eigenvalue weighted by atomic mass is 10.0. The van der Waals surface area contributed by atoms with Gasteiger partial charge in [0.15, 0.2) is 0 Å². The summed E-state index contributed by atoms with van der Waals surface area (Å²) in [5.74, 6) is 1.40. The minimum Gasteiger partial charge on any atom is -0.371 e. The summed E-state index contributed by atoms with van der Waals surface area (Å²) in [6.45, 7) is 12.6. The fraction of sp³-hybridized carbons (Fsp3) is 0.647. The van der Waals surface area contributed by atoms with Crippen molar-refractivity contribution in [3.8, 4) is 0 Å². The van der Waals surface area contributed by atoms with Crippen molar-refractivity contribution in [2.24, 2.45) is 5.92 Å². The van der Waals surface area contributed by atoms with Gasteiger partial charge in [0.1, 0.15) is 0 Å². The monoisotopic (exact) mass is 260 g/mol. The van der Waals surface area contributed by atoms with Gasteiger partial charge in [0, 0.05) is 24.8 Å². The Morgan fingerprint density at radius 3 is 2.63 bits per heavy atom. The highest BCUT2D eigenvalue weighted by Crippen LogP contribution is 2.31. The highest BCUT2D eigenvalue weighted by Gasteiger charge is 2.24. The molecule has 1 fully saturated rings. The Morgan fingerprint density at radius 2 is 1.95 bits per heavy atom. The van der Waals surface area contributed by atoms with Crippen LogP contribution in [0.1, 0.15) is 45.6 Å². The molecule has 1 N–H and O–H groups in total. The first-order chi connectivity index (χ1) is 9.08. The molecule has 0 aliphatic carbocycles. The number of para-hydroxylation sites is 1. The summed E-state index contributed by atoms with van der Waals surface area (Å²) in [5.41, 5.74) is 2.93. The second-order valence-corrected chi connectivity index (χ2v) is 6.38. The van der Waals surface area contributed by atoms with Gasteiger partial charge in [-0.1, -0.05) is 45.9 Å². The summed E-state index contributed by atoms with van der Waals surface area (Å²) >= 11 is 0. The largest absolute Gasteiger partial charge is 0.371 e. The molecular weight excluding hydrogens is 232 g/mol. The van der Waals surface area contributed by atoms with E-state index in [9.17, 15) is 0 Å². The van der Waals surface area contributed by atoms with Crippen LogP contribution in [0, 0.1) is 5.92 Å². The maximum atomic E-state index is 3.57. The van der Waals surface area contributed by atoms with Gasteiger partial charge in [0.05, 0.1) is 0 Å². The Labute approximate surface area is 118 Å². The third kappa shape index (κ3) is 3.73. The lowest BCUT2D eigenvalue weighted by Crippen LogP contribution is -2.30. The molecule has 2 rings (SSSR count). The molecule has 0 spiro atoms. The maximum absolute atomic E-state index is 3.57. The van der Waals surface area contributed by atoms with Crippen molar-refractivity contribution in [2.45, 2.75) is 46.1 Å². The Bertz CT molecular complexity index is 398. The topological polar surface area (TPSA) is 15.3 Å². The normalized spacial score (nSPS) is 19.7. The quantitative estimate of drug-likeness (QED) is 0.869. The predicted molar refractivity (Wildman–Crippen MR) is 84.0 cm³/mol. The van der Waals surface area contributed by atoms with Crippen LogP contribution < -0.4 is 10.2 Å². The van der Waals surface area contributed by atoms with E-state index in [-0.39, 0.29) is 0 Å². The lowest BCUT2D eigenvalue weighted by molar-refractivity contribution is 0.480. The van der Waals surface area contributed by atoms with E-state index < -0.39 is 0 Å². The van der Waals surface area contributed by atoms with Crippen LogP contribution in [0.3, 0.4) is 0 Å². The van der Waals surface area contributed by atoms with E-state index in [0.29, 0.717) is 12.0 Å². The van der Waals surface area contributed by atoms with Gasteiger partial charge in [0.25, 0.3) is 0 Å². The Balaban J connectivity index is 2.01. The van der Waals surface area contributed by atoms with Gasteiger partial charge in [0.2, 0.25) is 0 Å². The summed E-state index contributed by atoms with van der Waals surface area (Å²) in [6, 6.07) is 9.48. The highest BCUT2D eigenvalue weighted by atomic mass is 15.2. The molecule has 1 saturated heterocycles. The molecule has 1 aliphatic heterocycles. The van der Waals surface area contributed by atoms with Gasteiger partial charge in [-0.05, 0) is 36.4 Å². The Hall–Kier alpha value is -1.02. The van der Waals surface area contributed by atoms with Gasteiger partial charge in [-0.15, -0.1) is 0 Å². The number of anilines is 1. The molecule has 0 saturated carbocycles. The van der Waals surface area contributed by atoms with E-state index in [1.54, 1.807) is 0 Å². The Morgan fingerprint density at radius 1 is 1.21 bits per heavy atom. The molecule has 1 aromatic rings. The van der Waals surface area contributed by atoms with Crippen LogP contribution in [0.15, 0.2) is 24.3 Å². The number of nitrogens with one attached hydrogen (secondary N) is 1. The number of hydrogen-bond donors (Lipinski definition) is 1. The van der Waals surface area contributed by atoms with Gasteiger partial charge in [-0.3, -0.25) is 0 Å². The molecule has 19 heavy (non-hydrogen) atoms. The minimum absolute atomic E-state index is 0.594. The van der Waals surface area contributed by atoms with Crippen molar-refractivity contribution in [3.63, 3.8) is 0 Å². The molecule has 0 amide bonds. The maximum Gasteiger partial charge on any atom is 0.0401 e. The Kier molecular flexibility index (Phi) is 4.87. The van der Waals surface area contributed by atoms with Gasteiger partial charge >= 0.3 is 0 Å². The molecule has 1 aliphatic rings. The summed E-state index contributed by atoms with van der Waals surface area (Å²) in [5, 5.41) is 3.57. The standard InChI is InChI=1S/C17H28N2/c1-13(2)16-7-5-6-8-17(16)19-10-9-15(12-19)11-18-14(3)4/h5-8,13-15,18H,9-12H2,1-4H3. The van der Waals surface area contributed by atoms with E-state index in [1.165, 1.54) is 30.8 Å². The van der Waals surface area contributed by atoms with Crippen LogP contribution in [0.5, 0.6) is 0 Å². The first kappa shape index (κ1) is 14.4. The van der Waals surface area contributed by atoms with Crippen molar-refractivity contribution in [1.82, 2.24) is 5.32 Å². The first-order valence-corrected chi connectivity index (χ1v) is 7.65. The zero-order valence-corrected chi connectivity index (χ0v) is 12.8. The highest BCUT2D eigenvalue weighted by molar-refractivity contribution is 5.55. The zero-order chi connectivity index (χ0) is 13.8. The van der Waals surface area contributed by atoms with Gasteiger partial charge in [-0.2, -0.15) is 0 Å². The van der Waals surface area contributed by atoms with E-state index in [0.717, 1.165) is 12.5 Å². The van der Waals surface area contributed by atoms with Gasteiger partial charge < -0.3 is 10.2 Å². The van der Waals surface area contributed by atoms with Crippen LogP contribution in [0.4, 0.5) is 5.69 Å². The van der Waals surface area contributed by atoms with Crippen LogP contribution in [0.25, 0.3) is 0 Å². The minimum atomic E-state index is 0.594. The van der Waals surface area contributed by atoms with E-state index in [4.69, 9.17) is 0 Å². The SMILES string of the molecule is CC(C)NCC1CCN(c2ccccc2C(C)C)C1. The average molecular weight is 260 g/mol. The number of hydrogen-bond acceptors (Lipinski definition) is 2. The van der Waals surface area contributed by atoms with E-state index in [1.807, 2.05) is 0 Å². The van der Waals surface area contributed by atoms with Crippen LogP contribution in [-0.2, 0) is 0 Å². The summed E-state index contributed by atoms with van der Waals surface area (Å²) in [7, 11) is 0. The van der Waals surface area contributed by atoms with Crippen LogP contribution >= 0.6 is 0 Å². The molecule has 1 unspecified atom stereocenters. The fourth-order valence-corrected chi connectivity index (χ4v) is 2.88. The first-order valence-electron chi connectivity index (χ1n) is 7.65. The fourth-order valence-electron chi connectivity index (χ4n) is 2.88. The molecule has 2 heteroatoms. The smallest absolute Gasteiger partial charge is 0.0401 e. The summed E-state index contributed by atoms with van der Waals surface area (Å²) < 4.78 is 0. The van der Waals surface area contributed by atoms with Crippen molar-refractivity contribution in [2.75, 3.05) is 24.5 Å². The predicted octanol–water partition coefficient (Wildman–Crippen LogP) is 3.63. The molecule has 1 atom stereocenters. The number of benzene rings is 1. The molecule has 0 bridgehead atoms. The van der Waals surface area contributed by atoms with E-state index in [2.05, 4.69) is 62.2 Å². The van der Waals surface area contributed by atoms with E-state index >= 15 is 0 Å². The van der Waals surface area contributed by atoms with Crippen LogP contribution in [-0.4, -0.2) is 25.7 Å². The molecule has 0 radical (unpaired) electrons. The second kappa shape index (κ2) is 6.42. The third-order valence-electron chi connectivity index (χ3n) is 4.00. The number of rotatable bonds is 5. The summed E-state index contributed by atoms with van der Waals surface area (Å²) in [6.07, 6.45) is 1.31. The summed E-state index contributed by atoms with van der Waals surface area (Å²) in [4.78, 5) is 2.57. The molecule has 1 heterocycles. The van der Waals surface area contributed by atoms with Crippen molar-refractivity contribution < 1.29 is 0 Å².